The Labute approximate surface area is 115 Å². The van der Waals surface area contributed by atoms with Crippen LogP contribution in [-0.2, 0) is 9.59 Å². The SMILES string of the molecule is O=C(O)CC(S)C(=O)O.Sc1ccc(S)cc1. The average molecular weight is 292 g/mol. The molecular formula is C10H12O4S3. The van der Waals surface area contributed by atoms with Crippen LogP contribution in [0.25, 0.3) is 0 Å². The molecular weight excluding hydrogens is 280 g/mol. The van der Waals surface area contributed by atoms with Gasteiger partial charge in [0.15, 0.2) is 0 Å². The Balaban J connectivity index is 0.000000302. The van der Waals surface area contributed by atoms with E-state index in [0.29, 0.717) is 0 Å². The van der Waals surface area contributed by atoms with E-state index in [4.69, 9.17) is 10.2 Å². The molecule has 2 N–H and O–H groups in total. The molecule has 1 atom stereocenters. The van der Waals surface area contributed by atoms with Crippen molar-refractivity contribution in [3.05, 3.63) is 24.3 Å². The summed E-state index contributed by atoms with van der Waals surface area (Å²) in [5.41, 5.74) is 0. The van der Waals surface area contributed by atoms with Crippen molar-refractivity contribution < 1.29 is 19.8 Å². The second-order valence-electron chi connectivity index (χ2n) is 2.97. The first-order chi connectivity index (χ1) is 7.82. The summed E-state index contributed by atoms with van der Waals surface area (Å²) in [5.74, 6) is -2.36. The second-order valence-corrected chi connectivity index (χ2v) is 4.62. The zero-order chi connectivity index (χ0) is 13.4. The van der Waals surface area contributed by atoms with Crippen LogP contribution in [0.5, 0.6) is 0 Å². The van der Waals surface area contributed by atoms with Gasteiger partial charge >= 0.3 is 11.9 Å². The Bertz CT molecular complexity index is 357. The standard InChI is InChI=1S/C6H6S2.C4H6O4S/c7-5-1-2-6(8)4-3-5;5-3(6)1-2(9)4(7)8/h1-4,7-8H;2,9H,1H2,(H,5,6)(H,7,8). The Kier molecular flexibility index (Phi) is 7.94. The van der Waals surface area contributed by atoms with Gasteiger partial charge in [0.05, 0.1) is 6.42 Å². The molecule has 0 aliphatic carbocycles. The molecule has 0 aliphatic heterocycles. The first-order valence-electron chi connectivity index (χ1n) is 4.43. The normalized spacial score (nSPS) is 11.0. The number of carboxylic acid groups (broad SMARTS) is 2. The van der Waals surface area contributed by atoms with Crippen LogP contribution in [0, 0.1) is 0 Å². The van der Waals surface area contributed by atoms with Crippen molar-refractivity contribution in [1.82, 2.24) is 0 Å². The van der Waals surface area contributed by atoms with Gasteiger partial charge in [-0.15, -0.1) is 25.3 Å². The lowest BCUT2D eigenvalue weighted by Crippen LogP contribution is -2.17. The zero-order valence-electron chi connectivity index (χ0n) is 8.65. The molecule has 0 fully saturated rings. The highest BCUT2D eigenvalue weighted by molar-refractivity contribution is 7.81. The molecule has 1 rings (SSSR count). The molecule has 7 heteroatoms. The molecule has 0 heterocycles. The van der Waals surface area contributed by atoms with E-state index in [1.165, 1.54) is 0 Å². The van der Waals surface area contributed by atoms with Gasteiger partial charge < -0.3 is 10.2 Å². The molecule has 0 amide bonds. The van der Waals surface area contributed by atoms with Gasteiger partial charge in [0, 0.05) is 9.79 Å². The lowest BCUT2D eigenvalue weighted by molar-refractivity contribution is -0.142. The van der Waals surface area contributed by atoms with Crippen molar-refractivity contribution in [3.8, 4) is 0 Å². The minimum absolute atomic E-state index is 0.446. The molecule has 4 nitrogen and oxygen atoms in total. The quantitative estimate of drug-likeness (QED) is 0.553. The van der Waals surface area contributed by atoms with Crippen molar-refractivity contribution in [1.29, 1.82) is 0 Å². The van der Waals surface area contributed by atoms with Gasteiger partial charge in [-0.1, -0.05) is 0 Å². The van der Waals surface area contributed by atoms with E-state index in [9.17, 15) is 9.59 Å². The number of hydrogen-bond donors (Lipinski definition) is 5. The molecule has 0 bridgehead atoms. The zero-order valence-corrected chi connectivity index (χ0v) is 11.3. The number of thiol groups is 3. The van der Waals surface area contributed by atoms with Gasteiger partial charge in [0.1, 0.15) is 5.25 Å². The molecule has 0 saturated heterocycles. The van der Waals surface area contributed by atoms with E-state index in [1.54, 1.807) is 0 Å². The third-order valence-corrected chi connectivity index (χ3v) is 2.50. The lowest BCUT2D eigenvalue weighted by Gasteiger charge is -1.97. The van der Waals surface area contributed by atoms with Crippen LogP contribution < -0.4 is 0 Å². The van der Waals surface area contributed by atoms with E-state index in [1.807, 2.05) is 24.3 Å². The van der Waals surface area contributed by atoms with Crippen LogP contribution in [0.15, 0.2) is 34.1 Å². The van der Waals surface area contributed by atoms with Crippen LogP contribution in [0.4, 0.5) is 0 Å². The van der Waals surface area contributed by atoms with Gasteiger partial charge in [-0.2, -0.15) is 12.6 Å². The van der Waals surface area contributed by atoms with Crippen molar-refractivity contribution >= 4 is 49.8 Å². The molecule has 17 heavy (non-hydrogen) atoms. The third kappa shape index (κ3) is 8.96. The summed E-state index contributed by atoms with van der Waals surface area (Å²) in [6.45, 7) is 0. The van der Waals surface area contributed by atoms with E-state index in [2.05, 4.69) is 37.9 Å². The van der Waals surface area contributed by atoms with Gasteiger partial charge in [0.25, 0.3) is 0 Å². The van der Waals surface area contributed by atoms with E-state index in [0.717, 1.165) is 9.79 Å². The Hall–Kier alpha value is -0.790. The fraction of sp³-hybridized carbons (Fsp3) is 0.200. The number of rotatable bonds is 3. The summed E-state index contributed by atoms with van der Waals surface area (Å²) in [5, 5.41) is 15.0. The third-order valence-electron chi connectivity index (χ3n) is 1.50. The monoisotopic (exact) mass is 292 g/mol. The highest BCUT2D eigenvalue weighted by Gasteiger charge is 2.14. The summed E-state index contributed by atoms with van der Waals surface area (Å²) in [7, 11) is 0. The Morgan fingerprint density at radius 2 is 1.41 bits per heavy atom. The number of benzene rings is 1. The van der Waals surface area contributed by atoms with Crippen LogP contribution in [0.1, 0.15) is 6.42 Å². The molecule has 1 aromatic rings. The van der Waals surface area contributed by atoms with Gasteiger partial charge in [0.2, 0.25) is 0 Å². The Morgan fingerprint density at radius 1 is 1.06 bits per heavy atom. The summed E-state index contributed by atoms with van der Waals surface area (Å²) in [6, 6.07) is 7.63. The van der Waals surface area contributed by atoms with Crippen LogP contribution >= 0.6 is 37.9 Å². The maximum atomic E-state index is 9.90. The topological polar surface area (TPSA) is 74.6 Å². The van der Waals surface area contributed by atoms with E-state index in [-0.39, 0.29) is 0 Å². The van der Waals surface area contributed by atoms with Crippen molar-refractivity contribution in [2.75, 3.05) is 0 Å². The van der Waals surface area contributed by atoms with Gasteiger partial charge in [-0.25, -0.2) is 0 Å². The molecule has 0 radical (unpaired) electrons. The van der Waals surface area contributed by atoms with Crippen molar-refractivity contribution in [2.24, 2.45) is 0 Å². The lowest BCUT2D eigenvalue weighted by atomic mass is 10.3. The number of aliphatic carboxylic acids is 2. The molecule has 0 spiro atoms. The minimum atomic E-state index is -1.21. The minimum Gasteiger partial charge on any atom is -0.481 e. The average Bonchev–Trinajstić information content (AvgIpc) is 2.22. The summed E-state index contributed by atoms with van der Waals surface area (Å²) in [6.07, 6.45) is -0.446. The summed E-state index contributed by atoms with van der Waals surface area (Å²) in [4.78, 5) is 21.6. The molecule has 0 aromatic heterocycles. The predicted octanol–water partition coefficient (Wildman–Crippen LogP) is 2.11. The van der Waals surface area contributed by atoms with Crippen molar-refractivity contribution in [2.45, 2.75) is 21.5 Å². The van der Waals surface area contributed by atoms with Gasteiger partial charge in [-0.3, -0.25) is 9.59 Å². The maximum absolute atomic E-state index is 9.90. The largest absolute Gasteiger partial charge is 0.481 e. The molecule has 1 aromatic carbocycles. The fourth-order valence-electron chi connectivity index (χ4n) is 0.705. The summed E-state index contributed by atoms with van der Waals surface area (Å²) >= 11 is 11.7. The number of hydrogen-bond acceptors (Lipinski definition) is 5. The van der Waals surface area contributed by atoms with Crippen LogP contribution in [-0.4, -0.2) is 27.4 Å². The summed E-state index contributed by atoms with van der Waals surface area (Å²) < 4.78 is 0. The smallest absolute Gasteiger partial charge is 0.316 e. The van der Waals surface area contributed by atoms with E-state index >= 15 is 0 Å². The molecule has 0 aliphatic rings. The second kappa shape index (κ2) is 8.32. The molecule has 0 saturated carbocycles. The first-order valence-corrected chi connectivity index (χ1v) is 5.84. The van der Waals surface area contributed by atoms with Crippen molar-refractivity contribution in [3.63, 3.8) is 0 Å². The highest BCUT2D eigenvalue weighted by Crippen LogP contribution is 2.09. The van der Waals surface area contributed by atoms with Crippen LogP contribution in [0.3, 0.4) is 0 Å². The number of carbonyl (C=O) groups is 2. The Morgan fingerprint density at radius 3 is 1.59 bits per heavy atom. The van der Waals surface area contributed by atoms with E-state index < -0.39 is 23.6 Å². The predicted molar refractivity (Wildman–Crippen MR) is 73.6 cm³/mol. The highest BCUT2D eigenvalue weighted by atomic mass is 32.1. The number of carboxylic acids is 2. The van der Waals surface area contributed by atoms with Gasteiger partial charge in [-0.05, 0) is 24.3 Å². The fourth-order valence-corrected chi connectivity index (χ4v) is 1.16. The maximum Gasteiger partial charge on any atom is 0.316 e. The van der Waals surface area contributed by atoms with Crippen LogP contribution in [0.2, 0.25) is 0 Å². The molecule has 94 valence electrons. The first kappa shape index (κ1) is 16.2. The molecule has 1 unspecified atom stereocenters.